The molecule has 0 spiro atoms. The van der Waals surface area contributed by atoms with Gasteiger partial charge in [-0.05, 0) is 30.7 Å². The summed E-state index contributed by atoms with van der Waals surface area (Å²) in [5.74, 6) is 1.41. The number of benzene rings is 1. The summed E-state index contributed by atoms with van der Waals surface area (Å²) in [6, 6.07) is 5.49. The number of allylic oxidation sites excluding steroid dienone is 5. The van der Waals surface area contributed by atoms with Gasteiger partial charge < -0.3 is 9.47 Å². The highest BCUT2D eigenvalue weighted by Gasteiger charge is 2.06. The molecule has 19 heavy (non-hydrogen) atoms. The average Bonchev–Trinajstić information content (AvgIpc) is 2.98. The second-order valence-electron chi connectivity index (χ2n) is 4.10. The summed E-state index contributed by atoms with van der Waals surface area (Å²) in [4.78, 5) is 11.9. The molecule has 3 nitrogen and oxygen atoms in total. The molecule has 0 atom stereocenters. The maximum Gasteiger partial charge on any atom is 0.185 e. The van der Waals surface area contributed by atoms with Crippen LogP contribution in [-0.4, -0.2) is 20.0 Å². The molecule has 3 heteroatoms. The number of methoxy groups -OCH3 is 2. The maximum absolute atomic E-state index is 11.9. The summed E-state index contributed by atoms with van der Waals surface area (Å²) >= 11 is 0. The standard InChI is InChI=1S/C16H16O3/c1-18-14-9-7-13(16(11-14)19-2)8-10-15(17)12-5-3-4-6-12/h3,5-11H,4H2,1-2H3/b10-8+. The van der Waals surface area contributed by atoms with Crippen LogP contribution in [-0.2, 0) is 4.79 Å². The van der Waals surface area contributed by atoms with Gasteiger partial charge in [-0.2, -0.15) is 0 Å². The maximum atomic E-state index is 11.9. The fraction of sp³-hybridized carbons (Fsp3) is 0.188. The van der Waals surface area contributed by atoms with Crippen LogP contribution in [0, 0.1) is 0 Å². The predicted octanol–water partition coefficient (Wildman–Crippen LogP) is 3.17. The number of carbonyl (C=O) groups is 1. The lowest BCUT2D eigenvalue weighted by atomic mass is 10.1. The van der Waals surface area contributed by atoms with Gasteiger partial charge in [-0.3, -0.25) is 4.79 Å². The van der Waals surface area contributed by atoms with E-state index in [0.717, 1.165) is 23.3 Å². The molecule has 1 aliphatic rings. The molecule has 0 unspecified atom stereocenters. The van der Waals surface area contributed by atoms with E-state index >= 15 is 0 Å². The van der Waals surface area contributed by atoms with Crippen molar-refractivity contribution >= 4 is 11.9 Å². The van der Waals surface area contributed by atoms with Crippen LogP contribution in [0.4, 0.5) is 0 Å². The van der Waals surface area contributed by atoms with Crippen LogP contribution in [0.3, 0.4) is 0 Å². The molecule has 0 radical (unpaired) electrons. The molecule has 98 valence electrons. The Balaban J connectivity index is 2.18. The van der Waals surface area contributed by atoms with Gasteiger partial charge in [-0.25, -0.2) is 0 Å². The van der Waals surface area contributed by atoms with Gasteiger partial charge in [0.1, 0.15) is 11.5 Å². The molecular weight excluding hydrogens is 240 g/mol. The summed E-state index contributed by atoms with van der Waals surface area (Å²) in [6.07, 6.45) is 9.88. The van der Waals surface area contributed by atoms with Gasteiger partial charge in [-0.15, -0.1) is 0 Å². The van der Waals surface area contributed by atoms with Gasteiger partial charge in [0, 0.05) is 17.2 Å². The highest BCUT2D eigenvalue weighted by Crippen LogP contribution is 2.25. The Morgan fingerprint density at radius 1 is 1.26 bits per heavy atom. The van der Waals surface area contributed by atoms with Crippen LogP contribution >= 0.6 is 0 Å². The van der Waals surface area contributed by atoms with Crippen LogP contribution in [0.25, 0.3) is 6.08 Å². The van der Waals surface area contributed by atoms with Gasteiger partial charge in [-0.1, -0.05) is 18.2 Å². The Morgan fingerprint density at radius 3 is 2.74 bits per heavy atom. The zero-order valence-electron chi connectivity index (χ0n) is 11.1. The molecule has 0 saturated carbocycles. The Labute approximate surface area is 112 Å². The van der Waals surface area contributed by atoms with E-state index < -0.39 is 0 Å². The van der Waals surface area contributed by atoms with Crippen LogP contribution in [0.15, 0.2) is 48.1 Å². The van der Waals surface area contributed by atoms with E-state index in [1.807, 2.05) is 30.4 Å². The quantitative estimate of drug-likeness (QED) is 0.759. The van der Waals surface area contributed by atoms with E-state index in [0.29, 0.717) is 5.75 Å². The minimum Gasteiger partial charge on any atom is -0.497 e. The number of rotatable bonds is 5. The second-order valence-corrected chi connectivity index (χ2v) is 4.10. The Kier molecular flexibility index (Phi) is 4.18. The number of ether oxygens (including phenoxy) is 2. The molecule has 0 saturated heterocycles. The van der Waals surface area contributed by atoms with Crippen molar-refractivity contribution < 1.29 is 14.3 Å². The predicted molar refractivity (Wildman–Crippen MR) is 75.4 cm³/mol. The van der Waals surface area contributed by atoms with E-state index in [1.165, 1.54) is 0 Å². The SMILES string of the molecule is COc1ccc(/C=C/C(=O)C2=CCC=C2)c(OC)c1. The third kappa shape index (κ3) is 3.13. The molecule has 0 amide bonds. The zero-order chi connectivity index (χ0) is 13.7. The number of carbonyl (C=O) groups excluding carboxylic acids is 1. The molecule has 1 aromatic rings. The lowest BCUT2D eigenvalue weighted by Gasteiger charge is -2.07. The van der Waals surface area contributed by atoms with Crippen molar-refractivity contribution in [2.24, 2.45) is 0 Å². The van der Waals surface area contributed by atoms with Crippen LogP contribution in [0.2, 0.25) is 0 Å². The summed E-state index contributed by atoms with van der Waals surface area (Å²) in [7, 11) is 3.20. The van der Waals surface area contributed by atoms with Gasteiger partial charge >= 0.3 is 0 Å². The Morgan fingerprint density at radius 2 is 2.11 bits per heavy atom. The third-order valence-electron chi connectivity index (χ3n) is 2.91. The van der Waals surface area contributed by atoms with Crippen molar-refractivity contribution in [2.45, 2.75) is 6.42 Å². The first-order valence-electron chi connectivity index (χ1n) is 6.05. The highest BCUT2D eigenvalue weighted by atomic mass is 16.5. The molecule has 0 fully saturated rings. The van der Waals surface area contributed by atoms with Crippen molar-refractivity contribution in [3.8, 4) is 11.5 Å². The van der Waals surface area contributed by atoms with Gasteiger partial charge in [0.25, 0.3) is 0 Å². The molecule has 0 heterocycles. The Bertz CT molecular complexity index is 565. The topological polar surface area (TPSA) is 35.5 Å². The van der Waals surface area contributed by atoms with Crippen LogP contribution < -0.4 is 9.47 Å². The minimum atomic E-state index is 0.00613. The van der Waals surface area contributed by atoms with Gasteiger partial charge in [0.05, 0.1) is 14.2 Å². The number of ketones is 1. The first-order chi connectivity index (χ1) is 9.24. The van der Waals surface area contributed by atoms with Gasteiger partial charge in [0.2, 0.25) is 0 Å². The summed E-state index contributed by atoms with van der Waals surface area (Å²) < 4.78 is 10.4. The van der Waals surface area contributed by atoms with E-state index in [-0.39, 0.29) is 5.78 Å². The van der Waals surface area contributed by atoms with Crippen LogP contribution in [0.5, 0.6) is 11.5 Å². The van der Waals surface area contributed by atoms with Crippen LogP contribution in [0.1, 0.15) is 12.0 Å². The monoisotopic (exact) mass is 256 g/mol. The molecule has 1 aliphatic carbocycles. The van der Waals surface area contributed by atoms with E-state index in [9.17, 15) is 4.79 Å². The summed E-state index contributed by atoms with van der Waals surface area (Å²) in [6.45, 7) is 0. The molecule has 1 aromatic carbocycles. The molecular formula is C16H16O3. The lowest BCUT2D eigenvalue weighted by molar-refractivity contribution is -0.111. The van der Waals surface area contributed by atoms with E-state index in [1.54, 1.807) is 32.4 Å². The Hall–Kier alpha value is -2.29. The minimum absolute atomic E-state index is 0.00613. The molecule has 2 rings (SSSR count). The van der Waals surface area contributed by atoms with Gasteiger partial charge in [0.15, 0.2) is 5.78 Å². The van der Waals surface area contributed by atoms with Crippen molar-refractivity contribution in [3.05, 3.63) is 53.6 Å². The first kappa shape index (κ1) is 13.1. The average molecular weight is 256 g/mol. The highest BCUT2D eigenvalue weighted by molar-refractivity contribution is 6.08. The number of hydrogen-bond donors (Lipinski definition) is 0. The molecule has 0 aromatic heterocycles. The molecule has 0 N–H and O–H groups in total. The molecule has 0 bridgehead atoms. The first-order valence-corrected chi connectivity index (χ1v) is 6.05. The summed E-state index contributed by atoms with van der Waals surface area (Å²) in [5.41, 5.74) is 1.59. The van der Waals surface area contributed by atoms with Crippen molar-refractivity contribution in [1.29, 1.82) is 0 Å². The number of hydrogen-bond acceptors (Lipinski definition) is 3. The zero-order valence-corrected chi connectivity index (χ0v) is 11.1. The third-order valence-corrected chi connectivity index (χ3v) is 2.91. The van der Waals surface area contributed by atoms with E-state index in [4.69, 9.17) is 9.47 Å². The fourth-order valence-corrected chi connectivity index (χ4v) is 1.86. The van der Waals surface area contributed by atoms with Crippen molar-refractivity contribution in [2.75, 3.05) is 14.2 Å². The van der Waals surface area contributed by atoms with E-state index in [2.05, 4.69) is 0 Å². The largest absolute Gasteiger partial charge is 0.497 e. The van der Waals surface area contributed by atoms with Crippen molar-refractivity contribution in [1.82, 2.24) is 0 Å². The normalized spacial score (nSPS) is 13.7. The fourth-order valence-electron chi connectivity index (χ4n) is 1.86. The molecule has 0 aliphatic heterocycles. The lowest BCUT2D eigenvalue weighted by Crippen LogP contribution is -1.94. The summed E-state index contributed by atoms with van der Waals surface area (Å²) in [5, 5.41) is 0. The van der Waals surface area contributed by atoms with Crippen molar-refractivity contribution in [3.63, 3.8) is 0 Å². The smallest absolute Gasteiger partial charge is 0.185 e. The second kappa shape index (κ2) is 6.05.